The number of methoxy groups -OCH3 is 1. The van der Waals surface area contributed by atoms with E-state index in [1.807, 2.05) is 30.3 Å². The van der Waals surface area contributed by atoms with Gasteiger partial charge in [-0.1, -0.05) is 54.6 Å². The van der Waals surface area contributed by atoms with Crippen molar-refractivity contribution in [3.63, 3.8) is 0 Å². The van der Waals surface area contributed by atoms with E-state index in [0.29, 0.717) is 39.3 Å². The Bertz CT molecular complexity index is 1500. The number of fused-ring (bicyclic) bond motifs is 9. The van der Waals surface area contributed by atoms with Gasteiger partial charge in [-0.25, -0.2) is 0 Å². The Morgan fingerprint density at radius 2 is 1.68 bits per heavy atom. The van der Waals surface area contributed by atoms with Crippen LogP contribution in [-0.4, -0.2) is 37.0 Å². The number of aliphatic hydroxyl groups is 1. The van der Waals surface area contributed by atoms with Gasteiger partial charge in [-0.05, 0) is 24.1 Å². The summed E-state index contributed by atoms with van der Waals surface area (Å²) in [5.74, 6) is -2.06. The molecule has 1 aliphatic heterocycles. The van der Waals surface area contributed by atoms with E-state index in [0.717, 1.165) is 5.56 Å². The van der Waals surface area contributed by atoms with E-state index in [-0.39, 0.29) is 43.4 Å². The van der Waals surface area contributed by atoms with Crippen LogP contribution in [0.15, 0.2) is 77.9 Å². The Hall–Kier alpha value is -3.78. The zero-order valence-corrected chi connectivity index (χ0v) is 20.2. The maximum atomic E-state index is 14.1. The number of carbonyl (C=O) groups excluding carboxylic acids is 2. The number of Topliss-reactive ketones (excluding diaryl/α,β-unsaturated/α-hetero) is 2. The summed E-state index contributed by atoms with van der Waals surface area (Å²) in [7, 11) is 1.52. The van der Waals surface area contributed by atoms with Crippen molar-refractivity contribution in [3.05, 3.63) is 106 Å². The van der Waals surface area contributed by atoms with Gasteiger partial charge in [0.25, 0.3) is 0 Å². The Labute approximate surface area is 213 Å². The zero-order chi connectivity index (χ0) is 25.4. The Balaban J connectivity index is 1.41. The molecule has 2 atom stereocenters. The summed E-state index contributed by atoms with van der Waals surface area (Å²) >= 11 is 0. The van der Waals surface area contributed by atoms with E-state index >= 15 is 0 Å². The van der Waals surface area contributed by atoms with Crippen molar-refractivity contribution in [3.8, 4) is 11.5 Å². The van der Waals surface area contributed by atoms with Gasteiger partial charge in [0.2, 0.25) is 5.79 Å². The van der Waals surface area contributed by atoms with E-state index in [4.69, 9.17) is 18.9 Å². The lowest BCUT2D eigenvalue weighted by atomic mass is 9.74. The van der Waals surface area contributed by atoms with Gasteiger partial charge >= 0.3 is 0 Å². The molecule has 0 saturated carbocycles. The van der Waals surface area contributed by atoms with Gasteiger partial charge in [-0.15, -0.1) is 0 Å². The first-order valence-corrected chi connectivity index (χ1v) is 12.3. The molecule has 0 aromatic heterocycles. The minimum atomic E-state index is -1.68. The molecule has 1 saturated heterocycles. The monoisotopic (exact) mass is 496 g/mol. The molecule has 0 amide bonds. The van der Waals surface area contributed by atoms with Crippen molar-refractivity contribution >= 4 is 11.6 Å². The van der Waals surface area contributed by atoms with Gasteiger partial charge in [-0.3, -0.25) is 9.59 Å². The zero-order valence-electron chi connectivity index (χ0n) is 20.2. The highest BCUT2D eigenvalue weighted by molar-refractivity contribution is 6.18. The van der Waals surface area contributed by atoms with Gasteiger partial charge < -0.3 is 24.1 Å². The standard InChI is InChI=1S/C30H24O7/c1-34-22-12-5-9-18-24(22)30(36-13-14-37-30)25-19-15-29(33,26(25)28(18)32)20-10-6-11-21(23(20)27(19)31)35-16-17-7-3-2-4-8-17/h2-12,19,33H,13-16H2,1H3. The molecule has 186 valence electrons. The molecule has 7 nitrogen and oxygen atoms in total. The van der Waals surface area contributed by atoms with Gasteiger partial charge in [0, 0.05) is 22.3 Å². The predicted octanol–water partition coefficient (Wildman–Crippen LogP) is 4.07. The quantitative estimate of drug-likeness (QED) is 0.582. The second-order valence-corrected chi connectivity index (χ2v) is 9.75. The first-order valence-electron chi connectivity index (χ1n) is 12.3. The first kappa shape index (κ1) is 22.4. The Morgan fingerprint density at radius 1 is 0.946 bits per heavy atom. The van der Waals surface area contributed by atoms with Crippen LogP contribution in [0.4, 0.5) is 0 Å². The first-order chi connectivity index (χ1) is 18.0. The molecule has 37 heavy (non-hydrogen) atoms. The molecule has 2 bridgehead atoms. The SMILES string of the molecule is COc1cccc2c1C1(OCCO1)C1=C(C2=O)C2(O)CC1C(=O)c1c(OCc3ccccc3)cccc12. The van der Waals surface area contributed by atoms with Crippen LogP contribution in [0.5, 0.6) is 11.5 Å². The fourth-order valence-electron chi connectivity index (χ4n) is 6.44. The average molecular weight is 497 g/mol. The van der Waals surface area contributed by atoms with Crippen molar-refractivity contribution in [2.45, 2.75) is 24.4 Å². The topological polar surface area (TPSA) is 91.3 Å². The molecule has 0 radical (unpaired) electrons. The minimum absolute atomic E-state index is 0.0438. The molecule has 3 aliphatic carbocycles. The largest absolute Gasteiger partial charge is 0.496 e. The minimum Gasteiger partial charge on any atom is -0.496 e. The molecule has 3 aromatic rings. The number of rotatable bonds is 4. The smallest absolute Gasteiger partial charge is 0.224 e. The molecule has 7 rings (SSSR count). The van der Waals surface area contributed by atoms with Crippen LogP contribution in [0.1, 0.15) is 43.8 Å². The summed E-state index contributed by atoms with van der Waals surface area (Å²) in [6, 6.07) is 20.0. The van der Waals surface area contributed by atoms with Crippen molar-refractivity contribution in [1.82, 2.24) is 0 Å². The van der Waals surface area contributed by atoms with E-state index in [1.165, 1.54) is 7.11 Å². The Morgan fingerprint density at radius 3 is 2.43 bits per heavy atom. The molecule has 1 fully saturated rings. The third-order valence-corrected chi connectivity index (χ3v) is 7.90. The fraction of sp³-hybridized carbons (Fsp3) is 0.267. The van der Waals surface area contributed by atoms with E-state index in [9.17, 15) is 14.7 Å². The van der Waals surface area contributed by atoms with Crippen LogP contribution in [0, 0.1) is 5.92 Å². The van der Waals surface area contributed by atoms with Crippen LogP contribution in [0.3, 0.4) is 0 Å². The molecule has 1 spiro atoms. The molecular weight excluding hydrogens is 472 g/mol. The molecule has 7 heteroatoms. The Kier molecular flexibility index (Phi) is 4.76. The normalized spacial score (nSPS) is 24.6. The van der Waals surface area contributed by atoms with Crippen LogP contribution < -0.4 is 9.47 Å². The summed E-state index contributed by atoms with van der Waals surface area (Å²) in [4.78, 5) is 28.2. The highest BCUT2D eigenvalue weighted by Crippen LogP contribution is 2.63. The third kappa shape index (κ3) is 2.87. The predicted molar refractivity (Wildman–Crippen MR) is 131 cm³/mol. The van der Waals surface area contributed by atoms with Gasteiger partial charge in [0.05, 0.1) is 37.4 Å². The highest BCUT2D eigenvalue weighted by atomic mass is 16.7. The number of hydrogen-bond donors (Lipinski definition) is 1. The van der Waals surface area contributed by atoms with E-state index in [2.05, 4.69) is 0 Å². The fourth-order valence-corrected chi connectivity index (χ4v) is 6.44. The summed E-state index contributed by atoms with van der Waals surface area (Å²) in [5.41, 5.74) is 1.26. The van der Waals surface area contributed by atoms with Crippen LogP contribution in [0.25, 0.3) is 0 Å². The summed E-state index contributed by atoms with van der Waals surface area (Å²) in [5, 5.41) is 12.2. The number of benzene rings is 3. The third-order valence-electron chi connectivity index (χ3n) is 7.90. The van der Waals surface area contributed by atoms with Crippen molar-refractivity contribution in [2.75, 3.05) is 20.3 Å². The molecule has 1 N–H and O–H groups in total. The number of ketones is 2. The lowest BCUT2D eigenvalue weighted by Crippen LogP contribution is -2.40. The van der Waals surface area contributed by atoms with Crippen molar-refractivity contribution in [1.29, 1.82) is 0 Å². The number of hydrogen-bond acceptors (Lipinski definition) is 7. The number of carbonyl (C=O) groups is 2. The lowest BCUT2D eigenvalue weighted by molar-refractivity contribution is -0.139. The van der Waals surface area contributed by atoms with Crippen molar-refractivity contribution in [2.24, 2.45) is 5.92 Å². The maximum Gasteiger partial charge on any atom is 0.224 e. The average Bonchev–Trinajstić information content (AvgIpc) is 3.52. The highest BCUT2D eigenvalue weighted by Gasteiger charge is 2.66. The number of ether oxygens (including phenoxy) is 4. The van der Waals surface area contributed by atoms with Crippen LogP contribution in [0.2, 0.25) is 0 Å². The second kappa shape index (κ2) is 7.86. The molecule has 1 heterocycles. The molecule has 2 unspecified atom stereocenters. The summed E-state index contributed by atoms with van der Waals surface area (Å²) in [6.45, 7) is 0.818. The lowest BCUT2D eigenvalue weighted by Gasteiger charge is -2.37. The molecular formula is C30H24O7. The summed E-state index contributed by atoms with van der Waals surface area (Å²) in [6.07, 6.45) is 0.0438. The van der Waals surface area contributed by atoms with Crippen LogP contribution in [-0.2, 0) is 27.5 Å². The molecule has 4 aliphatic rings. The molecule has 3 aromatic carbocycles. The van der Waals surface area contributed by atoms with Gasteiger partial charge in [-0.2, -0.15) is 0 Å². The second-order valence-electron chi connectivity index (χ2n) is 9.75. The van der Waals surface area contributed by atoms with Crippen LogP contribution >= 0.6 is 0 Å². The van der Waals surface area contributed by atoms with Gasteiger partial charge in [0.1, 0.15) is 23.7 Å². The van der Waals surface area contributed by atoms with E-state index < -0.39 is 17.3 Å². The van der Waals surface area contributed by atoms with Gasteiger partial charge in [0.15, 0.2) is 11.6 Å². The summed E-state index contributed by atoms with van der Waals surface area (Å²) < 4.78 is 24.2. The van der Waals surface area contributed by atoms with Crippen molar-refractivity contribution < 1.29 is 33.6 Å². The maximum absolute atomic E-state index is 14.1. The van der Waals surface area contributed by atoms with E-state index in [1.54, 1.807) is 36.4 Å².